The van der Waals surface area contributed by atoms with Crippen LogP contribution in [0.2, 0.25) is 0 Å². The first-order valence-electron chi connectivity index (χ1n) is 8.94. The summed E-state index contributed by atoms with van der Waals surface area (Å²) in [4.78, 5) is 0. The van der Waals surface area contributed by atoms with Crippen LogP contribution in [0, 0.1) is 12.8 Å². The van der Waals surface area contributed by atoms with E-state index in [1.54, 1.807) is 8.61 Å². The molecule has 0 radical (unpaired) electrons. The quantitative estimate of drug-likeness (QED) is 0.837. The van der Waals surface area contributed by atoms with E-state index in [-0.39, 0.29) is 6.10 Å². The minimum absolute atomic E-state index is 0.0952. The van der Waals surface area contributed by atoms with Gasteiger partial charge >= 0.3 is 0 Å². The standard InChI is InChI=1S/C18H28N2O3S/c1-15-6-5-11-20(14-15)24(21,22)19-12-9-17(10-13-19)23-18-8-4-3-7-16(18)2/h3-4,7-8,15,17H,5-6,9-14H2,1-2H3/t15-/m1/s1. The molecule has 0 saturated carbocycles. The average molecular weight is 353 g/mol. The van der Waals surface area contributed by atoms with E-state index in [4.69, 9.17) is 4.74 Å². The highest BCUT2D eigenvalue weighted by Gasteiger charge is 2.35. The summed E-state index contributed by atoms with van der Waals surface area (Å²) in [6, 6.07) is 7.98. The largest absolute Gasteiger partial charge is 0.490 e. The molecule has 134 valence electrons. The van der Waals surface area contributed by atoms with Crippen molar-refractivity contribution in [2.75, 3.05) is 26.2 Å². The Balaban J connectivity index is 1.57. The van der Waals surface area contributed by atoms with Crippen molar-refractivity contribution in [1.29, 1.82) is 0 Å². The van der Waals surface area contributed by atoms with Crippen LogP contribution >= 0.6 is 0 Å². The number of nitrogens with zero attached hydrogens (tertiary/aromatic N) is 2. The van der Waals surface area contributed by atoms with Gasteiger partial charge in [-0.3, -0.25) is 0 Å². The van der Waals surface area contributed by atoms with Gasteiger partial charge in [0, 0.05) is 26.2 Å². The third-order valence-electron chi connectivity index (χ3n) is 5.06. The Labute approximate surface area is 145 Å². The minimum atomic E-state index is -3.31. The van der Waals surface area contributed by atoms with Gasteiger partial charge in [0.2, 0.25) is 0 Å². The molecule has 0 unspecified atom stereocenters. The summed E-state index contributed by atoms with van der Waals surface area (Å²) in [5, 5.41) is 0. The zero-order chi connectivity index (χ0) is 17.2. The fraction of sp³-hybridized carbons (Fsp3) is 0.667. The van der Waals surface area contributed by atoms with Crippen molar-refractivity contribution in [2.24, 2.45) is 5.92 Å². The van der Waals surface area contributed by atoms with Crippen LogP contribution in [-0.2, 0) is 10.2 Å². The van der Waals surface area contributed by atoms with Crippen LogP contribution in [-0.4, -0.2) is 49.3 Å². The molecule has 1 atom stereocenters. The lowest BCUT2D eigenvalue weighted by Gasteiger charge is -2.37. The van der Waals surface area contributed by atoms with Crippen molar-refractivity contribution >= 4 is 10.2 Å². The maximum atomic E-state index is 12.8. The van der Waals surface area contributed by atoms with Crippen LogP contribution in [0.1, 0.15) is 38.2 Å². The van der Waals surface area contributed by atoms with Crippen LogP contribution < -0.4 is 4.74 Å². The molecular formula is C18H28N2O3S. The number of ether oxygens (including phenoxy) is 1. The summed E-state index contributed by atoms with van der Waals surface area (Å²) in [5.74, 6) is 1.36. The molecule has 0 N–H and O–H groups in total. The second kappa shape index (κ2) is 7.42. The zero-order valence-electron chi connectivity index (χ0n) is 14.6. The first-order chi connectivity index (χ1) is 11.5. The highest BCUT2D eigenvalue weighted by molar-refractivity contribution is 7.86. The summed E-state index contributed by atoms with van der Waals surface area (Å²) >= 11 is 0. The van der Waals surface area contributed by atoms with Gasteiger partial charge < -0.3 is 4.74 Å². The molecule has 1 aromatic carbocycles. The first-order valence-corrected chi connectivity index (χ1v) is 10.3. The smallest absolute Gasteiger partial charge is 0.281 e. The number of hydrogen-bond acceptors (Lipinski definition) is 3. The topological polar surface area (TPSA) is 49.9 Å². The maximum absolute atomic E-state index is 12.8. The lowest BCUT2D eigenvalue weighted by molar-refractivity contribution is 0.129. The van der Waals surface area contributed by atoms with E-state index < -0.39 is 10.2 Å². The van der Waals surface area contributed by atoms with Crippen LogP contribution in [0.25, 0.3) is 0 Å². The van der Waals surface area contributed by atoms with E-state index in [0.29, 0.717) is 32.1 Å². The number of hydrogen-bond donors (Lipinski definition) is 0. The first kappa shape index (κ1) is 17.7. The van der Waals surface area contributed by atoms with Gasteiger partial charge in [-0.25, -0.2) is 0 Å². The molecule has 2 saturated heterocycles. The van der Waals surface area contributed by atoms with E-state index in [1.807, 2.05) is 31.2 Å². The van der Waals surface area contributed by atoms with Gasteiger partial charge in [-0.15, -0.1) is 0 Å². The molecule has 5 nitrogen and oxygen atoms in total. The summed E-state index contributed by atoms with van der Waals surface area (Å²) in [7, 11) is -3.31. The van der Waals surface area contributed by atoms with E-state index in [1.165, 1.54) is 0 Å². The van der Waals surface area contributed by atoms with E-state index >= 15 is 0 Å². The monoisotopic (exact) mass is 352 g/mol. The summed E-state index contributed by atoms with van der Waals surface area (Å²) in [5.41, 5.74) is 1.12. The Hall–Kier alpha value is -1.11. The second-order valence-electron chi connectivity index (χ2n) is 7.09. The number of para-hydroxylation sites is 1. The number of piperidine rings is 2. The van der Waals surface area contributed by atoms with Crippen molar-refractivity contribution < 1.29 is 13.2 Å². The molecule has 0 aliphatic carbocycles. The molecule has 2 aliphatic heterocycles. The molecule has 2 fully saturated rings. The van der Waals surface area contributed by atoms with Crippen LogP contribution in [0.3, 0.4) is 0 Å². The Kier molecular flexibility index (Phi) is 5.47. The van der Waals surface area contributed by atoms with E-state index in [0.717, 1.165) is 37.0 Å². The highest BCUT2D eigenvalue weighted by atomic mass is 32.2. The predicted octanol–water partition coefficient (Wildman–Crippen LogP) is 2.81. The van der Waals surface area contributed by atoms with Crippen molar-refractivity contribution in [3.05, 3.63) is 29.8 Å². The van der Waals surface area contributed by atoms with Crippen LogP contribution in [0.4, 0.5) is 0 Å². The lowest BCUT2D eigenvalue weighted by Crippen LogP contribution is -2.51. The minimum Gasteiger partial charge on any atom is -0.490 e. The Bertz CT molecular complexity index is 654. The number of rotatable bonds is 4. The molecule has 3 rings (SSSR count). The molecular weight excluding hydrogens is 324 g/mol. The molecule has 1 aromatic rings. The van der Waals surface area contributed by atoms with Gasteiger partial charge in [-0.05, 0) is 50.2 Å². The molecule has 2 aliphatic rings. The average Bonchev–Trinajstić information content (AvgIpc) is 2.57. The summed E-state index contributed by atoms with van der Waals surface area (Å²) < 4.78 is 35.0. The van der Waals surface area contributed by atoms with Gasteiger partial charge in [0.15, 0.2) is 0 Å². The molecule has 0 aromatic heterocycles. The molecule has 0 spiro atoms. The molecule has 0 amide bonds. The SMILES string of the molecule is Cc1ccccc1OC1CCN(S(=O)(=O)N2CCC[C@@H](C)C2)CC1. The Morgan fingerprint density at radius 3 is 2.42 bits per heavy atom. The van der Waals surface area contributed by atoms with Gasteiger partial charge in [0.1, 0.15) is 11.9 Å². The Morgan fingerprint density at radius 1 is 1.04 bits per heavy atom. The molecule has 24 heavy (non-hydrogen) atoms. The second-order valence-corrected chi connectivity index (χ2v) is 9.02. The van der Waals surface area contributed by atoms with Crippen molar-refractivity contribution in [3.63, 3.8) is 0 Å². The van der Waals surface area contributed by atoms with Gasteiger partial charge in [0.25, 0.3) is 10.2 Å². The van der Waals surface area contributed by atoms with Gasteiger partial charge in [-0.2, -0.15) is 17.0 Å². The third kappa shape index (κ3) is 3.92. The fourth-order valence-corrected chi connectivity index (χ4v) is 5.37. The van der Waals surface area contributed by atoms with Gasteiger partial charge in [-0.1, -0.05) is 25.1 Å². The summed E-state index contributed by atoms with van der Waals surface area (Å²) in [6.45, 7) is 6.57. The highest BCUT2D eigenvalue weighted by Crippen LogP contribution is 2.26. The van der Waals surface area contributed by atoms with Gasteiger partial charge in [0.05, 0.1) is 0 Å². The van der Waals surface area contributed by atoms with E-state index in [9.17, 15) is 8.42 Å². The summed E-state index contributed by atoms with van der Waals surface area (Å²) in [6.07, 6.45) is 3.68. The molecule has 6 heteroatoms. The zero-order valence-corrected chi connectivity index (χ0v) is 15.5. The molecule has 2 heterocycles. The fourth-order valence-electron chi connectivity index (χ4n) is 3.57. The number of aryl methyl sites for hydroxylation is 1. The molecule has 0 bridgehead atoms. The van der Waals surface area contributed by atoms with Crippen LogP contribution in [0.15, 0.2) is 24.3 Å². The normalized spacial score (nSPS) is 24.8. The number of benzene rings is 1. The third-order valence-corrected chi connectivity index (χ3v) is 7.06. The van der Waals surface area contributed by atoms with Crippen LogP contribution in [0.5, 0.6) is 5.75 Å². The van der Waals surface area contributed by atoms with Crippen molar-refractivity contribution in [3.8, 4) is 5.75 Å². The van der Waals surface area contributed by atoms with Crippen molar-refractivity contribution in [2.45, 2.75) is 45.6 Å². The lowest BCUT2D eigenvalue weighted by atomic mass is 10.0. The predicted molar refractivity (Wildman–Crippen MR) is 95.3 cm³/mol. The van der Waals surface area contributed by atoms with Crippen molar-refractivity contribution in [1.82, 2.24) is 8.61 Å². The Morgan fingerprint density at radius 2 is 1.75 bits per heavy atom. The van der Waals surface area contributed by atoms with E-state index in [2.05, 4.69) is 6.92 Å². The maximum Gasteiger partial charge on any atom is 0.281 e.